The van der Waals surface area contributed by atoms with Crippen molar-refractivity contribution in [3.8, 4) is 11.4 Å². The Balaban J connectivity index is 1.76. The zero-order valence-electron chi connectivity index (χ0n) is 14.8. The van der Waals surface area contributed by atoms with Gasteiger partial charge in [-0.2, -0.15) is 4.52 Å². The third-order valence-electron chi connectivity index (χ3n) is 4.74. The standard InChI is InChI=1S/C22H15FN4O/c23-17-12-10-15(11-13-17)14-26-19-9-5-4-8-18(19)21-24-20(25-27(21)22(26)28)16-6-2-1-3-7-16/h1-13H,14H2. The number of para-hydroxylation sites is 1. The molecule has 0 amide bonds. The van der Waals surface area contributed by atoms with Crippen molar-refractivity contribution in [2.45, 2.75) is 6.54 Å². The van der Waals surface area contributed by atoms with Crippen molar-refractivity contribution in [1.29, 1.82) is 0 Å². The van der Waals surface area contributed by atoms with Crippen LogP contribution in [0.15, 0.2) is 83.7 Å². The second-order valence-corrected chi connectivity index (χ2v) is 6.55. The molecule has 0 saturated heterocycles. The van der Waals surface area contributed by atoms with Crippen molar-refractivity contribution < 1.29 is 4.39 Å². The van der Waals surface area contributed by atoms with Gasteiger partial charge in [-0.15, -0.1) is 5.10 Å². The Labute approximate surface area is 159 Å². The van der Waals surface area contributed by atoms with E-state index in [9.17, 15) is 9.18 Å². The lowest BCUT2D eigenvalue weighted by Gasteiger charge is -2.11. The largest absolute Gasteiger partial charge is 0.351 e. The fourth-order valence-electron chi connectivity index (χ4n) is 3.37. The molecule has 28 heavy (non-hydrogen) atoms. The summed E-state index contributed by atoms with van der Waals surface area (Å²) < 4.78 is 16.2. The maximum atomic E-state index is 13.2. The maximum Gasteiger partial charge on any atom is 0.351 e. The summed E-state index contributed by atoms with van der Waals surface area (Å²) in [6.07, 6.45) is 0. The third-order valence-corrected chi connectivity index (χ3v) is 4.74. The Bertz CT molecular complexity index is 1350. The smallest absolute Gasteiger partial charge is 0.287 e. The van der Waals surface area contributed by atoms with Crippen molar-refractivity contribution in [3.63, 3.8) is 0 Å². The van der Waals surface area contributed by atoms with Crippen LogP contribution in [0.5, 0.6) is 0 Å². The van der Waals surface area contributed by atoms with Crippen molar-refractivity contribution in [1.82, 2.24) is 19.2 Å². The van der Waals surface area contributed by atoms with Gasteiger partial charge in [0.05, 0.1) is 12.1 Å². The Morgan fingerprint density at radius 2 is 1.57 bits per heavy atom. The molecule has 6 heteroatoms. The van der Waals surface area contributed by atoms with Crippen LogP contribution in [-0.4, -0.2) is 19.2 Å². The quantitative estimate of drug-likeness (QED) is 0.484. The van der Waals surface area contributed by atoms with Crippen LogP contribution in [0.2, 0.25) is 0 Å². The van der Waals surface area contributed by atoms with Gasteiger partial charge in [0.1, 0.15) is 5.82 Å². The summed E-state index contributed by atoms with van der Waals surface area (Å²) in [6.45, 7) is 0.316. The van der Waals surface area contributed by atoms with E-state index in [1.807, 2.05) is 54.6 Å². The summed E-state index contributed by atoms with van der Waals surface area (Å²) in [5, 5.41) is 5.29. The van der Waals surface area contributed by atoms with E-state index < -0.39 is 0 Å². The molecular weight excluding hydrogens is 355 g/mol. The lowest BCUT2D eigenvalue weighted by Crippen LogP contribution is -2.28. The lowest BCUT2D eigenvalue weighted by molar-refractivity contribution is 0.625. The molecule has 5 aromatic rings. The maximum absolute atomic E-state index is 13.2. The van der Waals surface area contributed by atoms with Crippen LogP contribution in [0.3, 0.4) is 0 Å². The number of rotatable bonds is 3. The third kappa shape index (κ3) is 2.66. The molecule has 2 heterocycles. The molecule has 0 atom stereocenters. The van der Waals surface area contributed by atoms with Crippen LogP contribution in [0.4, 0.5) is 4.39 Å². The molecule has 0 bridgehead atoms. The highest BCUT2D eigenvalue weighted by Gasteiger charge is 2.15. The molecule has 0 spiro atoms. The van der Waals surface area contributed by atoms with Crippen LogP contribution in [0.1, 0.15) is 5.56 Å². The van der Waals surface area contributed by atoms with E-state index in [-0.39, 0.29) is 11.5 Å². The predicted octanol–water partition coefficient (Wildman–Crippen LogP) is 3.90. The molecule has 136 valence electrons. The second-order valence-electron chi connectivity index (χ2n) is 6.55. The first-order valence-corrected chi connectivity index (χ1v) is 8.89. The van der Waals surface area contributed by atoms with Gasteiger partial charge in [-0.25, -0.2) is 14.2 Å². The van der Waals surface area contributed by atoms with E-state index in [1.165, 1.54) is 16.6 Å². The topological polar surface area (TPSA) is 52.2 Å². The van der Waals surface area contributed by atoms with Gasteiger partial charge in [-0.3, -0.25) is 4.57 Å². The monoisotopic (exact) mass is 370 g/mol. The van der Waals surface area contributed by atoms with Crippen LogP contribution < -0.4 is 5.69 Å². The molecule has 0 unspecified atom stereocenters. The highest BCUT2D eigenvalue weighted by Crippen LogP contribution is 2.21. The molecule has 3 aromatic carbocycles. The molecule has 0 saturated carbocycles. The van der Waals surface area contributed by atoms with Gasteiger partial charge in [0.2, 0.25) is 0 Å². The molecule has 5 rings (SSSR count). The Hall–Kier alpha value is -3.80. The van der Waals surface area contributed by atoms with Gasteiger partial charge in [0.25, 0.3) is 0 Å². The van der Waals surface area contributed by atoms with E-state index in [2.05, 4.69) is 10.1 Å². The van der Waals surface area contributed by atoms with Crippen molar-refractivity contribution in [2.75, 3.05) is 0 Å². The molecule has 0 fully saturated rings. The van der Waals surface area contributed by atoms with Gasteiger partial charge in [-0.1, -0.05) is 54.6 Å². The summed E-state index contributed by atoms with van der Waals surface area (Å²) in [4.78, 5) is 17.8. The minimum Gasteiger partial charge on any atom is -0.287 e. The molecule has 0 aliphatic rings. The van der Waals surface area contributed by atoms with Gasteiger partial charge in [0, 0.05) is 10.9 Å². The minimum absolute atomic E-state index is 0.285. The molecule has 0 radical (unpaired) electrons. The molecule has 0 aliphatic heterocycles. The number of benzene rings is 3. The highest BCUT2D eigenvalue weighted by atomic mass is 19.1. The molecule has 0 aliphatic carbocycles. The Kier molecular flexibility index (Phi) is 3.76. The first-order chi connectivity index (χ1) is 13.7. The second kappa shape index (κ2) is 6.42. The zero-order valence-corrected chi connectivity index (χ0v) is 14.8. The van der Waals surface area contributed by atoms with Crippen molar-refractivity contribution in [3.05, 3.63) is 101 Å². The van der Waals surface area contributed by atoms with E-state index in [1.54, 1.807) is 16.7 Å². The minimum atomic E-state index is -0.305. The fourth-order valence-corrected chi connectivity index (χ4v) is 3.37. The first-order valence-electron chi connectivity index (χ1n) is 8.89. The van der Waals surface area contributed by atoms with Crippen LogP contribution in [0.25, 0.3) is 27.9 Å². The van der Waals surface area contributed by atoms with Crippen molar-refractivity contribution in [2.24, 2.45) is 0 Å². The normalized spacial score (nSPS) is 11.3. The fraction of sp³-hybridized carbons (Fsp3) is 0.0455. The zero-order chi connectivity index (χ0) is 19.1. The number of nitrogens with zero attached hydrogens (tertiary/aromatic N) is 4. The van der Waals surface area contributed by atoms with Crippen molar-refractivity contribution >= 4 is 16.6 Å². The van der Waals surface area contributed by atoms with Crippen LogP contribution >= 0.6 is 0 Å². The SMILES string of the molecule is O=c1n(Cc2ccc(F)cc2)c2ccccc2c2nc(-c3ccccc3)nn12. The number of hydrogen-bond donors (Lipinski definition) is 0. The number of halogens is 1. The molecule has 5 nitrogen and oxygen atoms in total. The number of fused-ring (bicyclic) bond motifs is 3. The van der Waals surface area contributed by atoms with E-state index in [0.717, 1.165) is 22.0 Å². The summed E-state index contributed by atoms with van der Waals surface area (Å²) in [6, 6.07) is 23.3. The summed E-state index contributed by atoms with van der Waals surface area (Å²) in [7, 11) is 0. The van der Waals surface area contributed by atoms with Gasteiger partial charge in [-0.05, 0) is 29.8 Å². The average molecular weight is 370 g/mol. The van der Waals surface area contributed by atoms with E-state index >= 15 is 0 Å². The summed E-state index contributed by atoms with van der Waals surface area (Å²) in [5.74, 6) is 0.197. The van der Waals surface area contributed by atoms with Crippen LogP contribution in [-0.2, 0) is 6.54 Å². The Morgan fingerprint density at radius 3 is 2.36 bits per heavy atom. The van der Waals surface area contributed by atoms with E-state index in [0.29, 0.717) is 18.0 Å². The lowest BCUT2D eigenvalue weighted by atomic mass is 10.2. The number of hydrogen-bond acceptors (Lipinski definition) is 3. The number of aromatic nitrogens is 4. The Morgan fingerprint density at radius 1 is 0.857 bits per heavy atom. The van der Waals surface area contributed by atoms with Crippen LogP contribution in [0, 0.1) is 5.82 Å². The summed E-state index contributed by atoms with van der Waals surface area (Å²) >= 11 is 0. The van der Waals surface area contributed by atoms with Gasteiger partial charge in [0.15, 0.2) is 11.5 Å². The average Bonchev–Trinajstić information content (AvgIpc) is 3.19. The summed E-state index contributed by atoms with van der Waals surface area (Å²) in [5.41, 5.74) is 2.68. The van der Waals surface area contributed by atoms with Gasteiger partial charge < -0.3 is 0 Å². The highest BCUT2D eigenvalue weighted by molar-refractivity contribution is 5.91. The molecular formula is C22H15FN4O. The van der Waals surface area contributed by atoms with Gasteiger partial charge >= 0.3 is 5.69 Å². The first kappa shape index (κ1) is 16.4. The predicted molar refractivity (Wildman–Crippen MR) is 106 cm³/mol. The molecule has 0 N–H and O–H groups in total. The van der Waals surface area contributed by atoms with E-state index in [4.69, 9.17) is 0 Å². The molecule has 2 aromatic heterocycles.